The number of hydrogen-bond acceptors (Lipinski definition) is 3. The molecule has 3 heteroatoms. The summed E-state index contributed by atoms with van der Waals surface area (Å²) >= 11 is 4.52. The van der Waals surface area contributed by atoms with Crippen LogP contribution < -0.4 is 0 Å². The van der Waals surface area contributed by atoms with Crippen molar-refractivity contribution in [2.75, 3.05) is 32.7 Å². The molecule has 2 nitrogen and oxygen atoms in total. The molecule has 24 heavy (non-hydrogen) atoms. The SMILES string of the molecule is C=C(CC1CCN(CC2CCN(C(=C)C(C)S)CC2)CC1)C(C)C. The average molecular weight is 351 g/mol. The molecule has 1 atom stereocenters. The maximum Gasteiger partial charge on any atom is 0.0382 e. The topological polar surface area (TPSA) is 6.48 Å². The maximum atomic E-state index is 4.52. The molecule has 0 saturated carbocycles. The van der Waals surface area contributed by atoms with Gasteiger partial charge in [-0.05, 0) is 69.9 Å². The molecule has 2 heterocycles. The van der Waals surface area contributed by atoms with Crippen LogP contribution in [0.25, 0.3) is 0 Å². The van der Waals surface area contributed by atoms with Gasteiger partial charge in [-0.3, -0.25) is 0 Å². The van der Waals surface area contributed by atoms with Gasteiger partial charge in [-0.1, -0.05) is 32.6 Å². The van der Waals surface area contributed by atoms with Crippen LogP contribution in [-0.4, -0.2) is 47.8 Å². The molecular weight excluding hydrogens is 312 g/mol. The zero-order chi connectivity index (χ0) is 17.7. The van der Waals surface area contributed by atoms with Crippen molar-refractivity contribution in [1.29, 1.82) is 0 Å². The highest BCUT2D eigenvalue weighted by Crippen LogP contribution is 2.28. The Hall–Kier alpha value is -0.410. The van der Waals surface area contributed by atoms with Crippen LogP contribution >= 0.6 is 12.6 Å². The molecule has 0 aromatic heterocycles. The van der Waals surface area contributed by atoms with Crippen molar-refractivity contribution >= 4 is 12.6 Å². The molecular formula is C21H38N2S. The Balaban J connectivity index is 1.66. The number of likely N-dealkylation sites (tertiary alicyclic amines) is 2. The van der Waals surface area contributed by atoms with E-state index in [1.165, 1.54) is 76.1 Å². The van der Waals surface area contributed by atoms with Gasteiger partial charge in [-0.2, -0.15) is 12.6 Å². The molecule has 1 unspecified atom stereocenters. The van der Waals surface area contributed by atoms with Crippen molar-refractivity contribution in [3.63, 3.8) is 0 Å². The van der Waals surface area contributed by atoms with Crippen LogP contribution in [0.2, 0.25) is 0 Å². The molecule has 2 rings (SSSR count). The summed E-state index contributed by atoms with van der Waals surface area (Å²) in [6.45, 7) is 21.3. The first kappa shape index (κ1) is 19.9. The Morgan fingerprint density at radius 2 is 1.50 bits per heavy atom. The van der Waals surface area contributed by atoms with E-state index in [4.69, 9.17) is 0 Å². The fourth-order valence-electron chi connectivity index (χ4n) is 4.01. The van der Waals surface area contributed by atoms with Gasteiger partial charge >= 0.3 is 0 Å². The van der Waals surface area contributed by atoms with E-state index in [1.54, 1.807) is 0 Å². The van der Waals surface area contributed by atoms with Crippen LogP contribution in [0.3, 0.4) is 0 Å². The Kier molecular flexibility index (Phi) is 7.74. The minimum Gasteiger partial charge on any atom is -0.374 e. The Morgan fingerprint density at radius 3 is 2.00 bits per heavy atom. The summed E-state index contributed by atoms with van der Waals surface area (Å²) in [6.07, 6.45) is 6.58. The van der Waals surface area contributed by atoms with E-state index in [1.807, 2.05) is 0 Å². The van der Waals surface area contributed by atoms with Gasteiger partial charge in [-0.25, -0.2) is 0 Å². The summed E-state index contributed by atoms with van der Waals surface area (Å²) in [5, 5.41) is 0.279. The average Bonchev–Trinajstić information content (AvgIpc) is 2.56. The van der Waals surface area contributed by atoms with E-state index in [2.05, 4.69) is 56.4 Å². The minimum absolute atomic E-state index is 0.279. The van der Waals surface area contributed by atoms with Gasteiger partial charge in [0, 0.05) is 30.6 Å². The summed E-state index contributed by atoms with van der Waals surface area (Å²) in [7, 11) is 0. The van der Waals surface area contributed by atoms with Gasteiger partial charge in [0.05, 0.1) is 0 Å². The highest BCUT2D eigenvalue weighted by molar-refractivity contribution is 7.81. The molecule has 0 aromatic rings. The molecule has 2 saturated heterocycles. The lowest BCUT2D eigenvalue weighted by Gasteiger charge is -2.39. The van der Waals surface area contributed by atoms with Crippen molar-refractivity contribution in [3.8, 4) is 0 Å². The number of allylic oxidation sites excluding steroid dienone is 1. The summed E-state index contributed by atoms with van der Waals surface area (Å²) in [5.74, 6) is 2.38. The first-order chi connectivity index (χ1) is 11.4. The first-order valence-electron chi connectivity index (χ1n) is 9.88. The lowest BCUT2D eigenvalue weighted by molar-refractivity contribution is 0.128. The smallest absolute Gasteiger partial charge is 0.0382 e. The summed E-state index contributed by atoms with van der Waals surface area (Å²) in [6, 6.07) is 0. The van der Waals surface area contributed by atoms with Crippen LogP contribution in [0.4, 0.5) is 0 Å². The van der Waals surface area contributed by atoms with Gasteiger partial charge in [-0.15, -0.1) is 0 Å². The largest absolute Gasteiger partial charge is 0.374 e. The molecule has 2 fully saturated rings. The second-order valence-electron chi connectivity index (χ2n) is 8.36. The van der Waals surface area contributed by atoms with Crippen molar-refractivity contribution in [2.45, 2.75) is 58.1 Å². The molecule has 138 valence electrons. The van der Waals surface area contributed by atoms with Crippen LogP contribution in [-0.2, 0) is 0 Å². The molecule has 0 bridgehead atoms. The zero-order valence-corrected chi connectivity index (χ0v) is 17.0. The highest BCUT2D eigenvalue weighted by Gasteiger charge is 2.26. The Bertz CT molecular complexity index is 414. The third-order valence-electron chi connectivity index (χ3n) is 6.09. The van der Waals surface area contributed by atoms with Gasteiger partial charge in [0.2, 0.25) is 0 Å². The van der Waals surface area contributed by atoms with Crippen LogP contribution in [0, 0.1) is 17.8 Å². The Morgan fingerprint density at radius 1 is 0.958 bits per heavy atom. The summed E-state index contributed by atoms with van der Waals surface area (Å²) in [5.41, 5.74) is 2.64. The first-order valence-corrected chi connectivity index (χ1v) is 10.4. The van der Waals surface area contributed by atoms with E-state index in [9.17, 15) is 0 Å². The molecule has 0 N–H and O–H groups in total. The van der Waals surface area contributed by atoms with Crippen LogP contribution in [0.1, 0.15) is 52.9 Å². The lowest BCUT2D eigenvalue weighted by atomic mass is 9.86. The molecule has 0 radical (unpaired) electrons. The van der Waals surface area contributed by atoms with Gasteiger partial charge < -0.3 is 9.80 Å². The number of hydrogen-bond donors (Lipinski definition) is 1. The summed E-state index contributed by atoms with van der Waals surface area (Å²) < 4.78 is 0. The predicted molar refractivity (Wildman–Crippen MR) is 110 cm³/mol. The van der Waals surface area contributed by atoms with E-state index in [-0.39, 0.29) is 5.25 Å². The fraction of sp³-hybridized carbons (Fsp3) is 0.810. The number of piperidine rings is 2. The molecule has 0 aliphatic carbocycles. The van der Waals surface area contributed by atoms with E-state index >= 15 is 0 Å². The van der Waals surface area contributed by atoms with Crippen molar-refractivity contribution < 1.29 is 0 Å². The fourth-order valence-corrected chi connectivity index (χ4v) is 4.18. The monoisotopic (exact) mass is 350 g/mol. The molecule has 0 aromatic carbocycles. The van der Waals surface area contributed by atoms with Crippen molar-refractivity contribution in [1.82, 2.24) is 9.80 Å². The zero-order valence-electron chi connectivity index (χ0n) is 16.1. The van der Waals surface area contributed by atoms with Gasteiger partial charge in [0.25, 0.3) is 0 Å². The normalized spacial score (nSPS) is 22.8. The number of nitrogens with zero attached hydrogens (tertiary/aromatic N) is 2. The van der Waals surface area contributed by atoms with Gasteiger partial charge in [0.15, 0.2) is 0 Å². The molecule has 2 aliphatic heterocycles. The van der Waals surface area contributed by atoms with Gasteiger partial charge in [0.1, 0.15) is 0 Å². The van der Waals surface area contributed by atoms with Crippen LogP contribution in [0.15, 0.2) is 24.4 Å². The van der Waals surface area contributed by atoms with E-state index in [0.29, 0.717) is 5.92 Å². The predicted octanol–water partition coefficient (Wildman–Crippen LogP) is 4.84. The minimum atomic E-state index is 0.279. The third-order valence-corrected chi connectivity index (χ3v) is 6.39. The molecule has 2 aliphatic rings. The number of rotatable bonds is 7. The quantitative estimate of drug-likeness (QED) is 0.518. The van der Waals surface area contributed by atoms with Crippen LogP contribution in [0.5, 0.6) is 0 Å². The lowest BCUT2D eigenvalue weighted by Crippen LogP contribution is -2.41. The second-order valence-corrected chi connectivity index (χ2v) is 9.13. The standard InChI is InChI=1S/C21H38N2S/c1-16(2)17(3)14-20-6-10-22(11-7-20)15-21-8-12-23(13-9-21)18(4)19(5)24/h16,19-21,24H,3-4,6-15H2,1-2,5H3. The highest BCUT2D eigenvalue weighted by atomic mass is 32.1. The third kappa shape index (κ3) is 5.84. The van der Waals surface area contributed by atoms with E-state index in [0.717, 1.165) is 11.8 Å². The summed E-state index contributed by atoms with van der Waals surface area (Å²) in [4.78, 5) is 5.16. The van der Waals surface area contributed by atoms with E-state index < -0.39 is 0 Å². The molecule has 0 spiro atoms. The van der Waals surface area contributed by atoms with Crippen molar-refractivity contribution in [3.05, 3.63) is 24.4 Å². The maximum absolute atomic E-state index is 4.52. The van der Waals surface area contributed by atoms with Crippen molar-refractivity contribution in [2.24, 2.45) is 17.8 Å². The Labute approximate surface area is 155 Å². The molecule has 0 amide bonds. The number of thiol groups is 1. The second kappa shape index (κ2) is 9.33.